The lowest BCUT2D eigenvalue weighted by Crippen LogP contribution is -2.68. The van der Waals surface area contributed by atoms with Crippen LogP contribution >= 0.6 is 0 Å². The van der Waals surface area contributed by atoms with Gasteiger partial charge in [0.15, 0.2) is 55.9 Å². The summed E-state index contributed by atoms with van der Waals surface area (Å²) in [7, 11) is 0. The number of aliphatic hydroxyl groups excluding tert-OH is 7. The summed E-state index contributed by atoms with van der Waals surface area (Å²) in [5.74, 6) is -3.66. The zero-order chi connectivity index (χ0) is 70.3. The molecular weight excluding hydrogens is 1260 g/mol. The second-order valence-electron chi connectivity index (χ2n) is 27.5. The van der Waals surface area contributed by atoms with Gasteiger partial charge in [-0.1, -0.05) is 167 Å². The van der Waals surface area contributed by atoms with Crippen molar-refractivity contribution in [1.29, 1.82) is 0 Å². The minimum Gasteiger partial charge on any atom is -0.456 e. The molecule has 27 unspecified atom stereocenters. The summed E-state index contributed by atoms with van der Waals surface area (Å²) < 4.78 is 90.1. The van der Waals surface area contributed by atoms with E-state index >= 15 is 0 Å². The zero-order valence-electron chi connectivity index (χ0n) is 58.6. The number of hydrogen-bond acceptors (Lipinski definition) is 25. The molecule has 554 valence electrons. The molecule has 1 aromatic carbocycles. The zero-order valence-corrected chi connectivity index (χ0v) is 58.6. The average molecular weight is 1380 g/mol. The van der Waals surface area contributed by atoms with Gasteiger partial charge in [0.2, 0.25) is 0 Å². The molecular formula is C72H116O25. The Morgan fingerprint density at radius 2 is 1.05 bits per heavy atom. The molecule has 0 aromatic heterocycles. The first-order valence-corrected chi connectivity index (χ1v) is 36.4. The molecule has 6 aliphatic heterocycles. The van der Waals surface area contributed by atoms with Crippen LogP contribution in [0.1, 0.15) is 222 Å². The predicted molar refractivity (Wildman–Crippen MR) is 350 cm³/mol. The van der Waals surface area contributed by atoms with Crippen LogP contribution in [0.5, 0.6) is 0 Å². The van der Waals surface area contributed by atoms with Crippen LogP contribution in [0.3, 0.4) is 0 Å². The minimum atomic E-state index is -1.95. The van der Waals surface area contributed by atoms with E-state index in [1.54, 1.807) is 58.0 Å². The van der Waals surface area contributed by atoms with Gasteiger partial charge < -0.3 is 102 Å². The molecule has 25 heteroatoms. The van der Waals surface area contributed by atoms with Gasteiger partial charge in [-0.25, -0.2) is 4.79 Å². The van der Waals surface area contributed by atoms with E-state index in [0.29, 0.717) is 44.1 Å². The molecule has 1 aromatic rings. The molecule has 7 rings (SSSR count). The van der Waals surface area contributed by atoms with Crippen LogP contribution in [0.4, 0.5) is 0 Å². The number of ether oxygens (including phenoxy) is 14. The first-order valence-electron chi connectivity index (χ1n) is 36.4. The summed E-state index contributed by atoms with van der Waals surface area (Å²) in [6.45, 7) is 15.4. The van der Waals surface area contributed by atoms with Gasteiger partial charge in [-0.15, -0.1) is 0 Å². The highest BCUT2D eigenvalue weighted by atomic mass is 16.8. The van der Waals surface area contributed by atoms with Crippen LogP contribution in [0.2, 0.25) is 0 Å². The highest BCUT2D eigenvalue weighted by Gasteiger charge is 2.59. The quantitative estimate of drug-likeness (QED) is 0.0193. The third kappa shape index (κ3) is 23.3. The second kappa shape index (κ2) is 40.7. The van der Waals surface area contributed by atoms with Gasteiger partial charge in [0.25, 0.3) is 0 Å². The maximum absolute atomic E-state index is 14.6. The number of unbranched alkanes of at least 4 members (excludes halogenated alkanes) is 10. The summed E-state index contributed by atoms with van der Waals surface area (Å²) in [5.41, 5.74) is 0.645. The predicted octanol–water partition coefficient (Wildman–Crippen LogP) is 7.60. The number of aliphatic hydroxyl groups is 7. The number of carbonyl (C=O) groups excluding carboxylic acids is 4. The second-order valence-corrected chi connectivity index (χ2v) is 27.5. The first kappa shape index (κ1) is 80.5. The molecule has 6 fully saturated rings. The number of fused-ring (bicyclic) bond motifs is 3. The van der Waals surface area contributed by atoms with E-state index in [1.165, 1.54) is 26.8 Å². The Hall–Kier alpha value is -3.84. The summed E-state index contributed by atoms with van der Waals surface area (Å²) in [6.07, 6.45) is -17.9. The number of benzene rings is 1. The average Bonchev–Trinajstić information content (AvgIpc) is 0.775. The maximum Gasteiger partial charge on any atom is 0.331 e. The third-order valence-corrected chi connectivity index (χ3v) is 19.6. The Morgan fingerprint density at radius 3 is 1.73 bits per heavy atom. The molecule has 0 aliphatic carbocycles. The molecule has 0 saturated carbocycles. The molecule has 6 heterocycles. The van der Waals surface area contributed by atoms with Crippen LogP contribution in [-0.4, -0.2) is 219 Å². The lowest BCUT2D eigenvalue weighted by molar-refractivity contribution is -0.399. The third-order valence-electron chi connectivity index (χ3n) is 19.6. The van der Waals surface area contributed by atoms with Crippen LogP contribution in [0, 0.1) is 5.92 Å². The van der Waals surface area contributed by atoms with E-state index in [0.717, 1.165) is 109 Å². The van der Waals surface area contributed by atoms with Crippen molar-refractivity contribution >= 4 is 30.0 Å². The van der Waals surface area contributed by atoms with Crippen LogP contribution < -0.4 is 0 Å². The highest BCUT2D eigenvalue weighted by Crippen LogP contribution is 2.40. The fourth-order valence-electron chi connectivity index (χ4n) is 13.3. The Bertz CT molecular complexity index is 2490. The fourth-order valence-corrected chi connectivity index (χ4v) is 13.3. The molecule has 7 N–H and O–H groups in total. The van der Waals surface area contributed by atoms with E-state index < -0.39 is 183 Å². The van der Waals surface area contributed by atoms with Gasteiger partial charge in [0.05, 0.1) is 42.5 Å². The summed E-state index contributed by atoms with van der Waals surface area (Å²) in [5, 5.41) is 81.8. The van der Waals surface area contributed by atoms with Gasteiger partial charge in [-0.3, -0.25) is 14.4 Å². The van der Waals surface area contributed by atoms with Crippen molar-refractivity contribution in [2.24, 2.45) is 5.92 Å². The van der Waals surface area contributed by atoms with Crippen molar-refractivity contribution in [3.8, 4) is 0 Å². The summed E-state index contributed by atoms with van der Waals surface area (Å²) in [4.78, 5) is 56.1. The number of carbonyl (C=O) groups is 4. The molecule has 25 nitrogen and oxygen atoms in total. The number of rotatable bonds is 27. The van der Waals surface area contributed by atoms with E-state index in [2.05, 4.69) is 13.8 Å². The van der Waals surface area contributed by atoms with Crippen molar-refractivity contribution in [3.05, 3.63) is 42.0 Å². The van der Waals surface area contributed by atoms with Gasteiger partial charge >= 0.3 is 23.9 Å². The summed E-state index contributed by atoms with van der Waals surface area (Å²) >= 11 is 0. The van der Waals surface area contributed by atoms with E-state index in [-0.39, 0.29) is 18.9 Å². The molecule has 97 heavy (non-hydrogen) atoms. The van der Waals surface area contributed by atoms with Gasteiger partial charge in [-0.2, -0.15) is 0 Å². The SMILES string of the molecule is CCCCCCCCCCCC(=O)OC1C(OC2C(C)OC3OC4C(OC(CCCCC)CCCCCCCCCC(=O)OC2C3O)OC(C)C(O)C4O)OC(C)C(OC2OC(C)C(OC(=O)C(C)CC)C(O)C2OC(=O)C=Cc2ccccc2)C1OC1OC(C)C(O)C(O)C1O. The van der Waals surface area contributed by atoms with Crippen molar-refractivity contribution < 1.29 is 121 Å². The van der Waals surface area contributed by atoms with Crippen molar-refractivity contribution in [2.75, 3.05) is 0 Å². The van der Waals surface area contributed by atoms with E-state index in [1.807, 2.05) is 0 Å². The van der Waals surface area contributed by atoms with Crippen LogP contribution in [0.25, 0.3) is 6.08 Å². The standard InChI is InChI=1S/C72H116O25/c1-10-13-15-16-17-18-21-24-32-38-50(74)92-66-65(97-68-56(80)54(78)52(76)42(5)84-68)61(95-71-64(91-51(75)40-39-47-33-28-26-29-34-47)57(81)59(44(7)87-71)93-67(83)41(4)12-3)46(9)88-72(66)94-60-45(8)86-69-58(82)62(60)90-49(73)37-31-25-22-19-20-23-30-36-48(35-27-14-11-2)89-70-63(96-69)55(79)53(77)43(6)85-70/h26,28-29,33-34,39-46,48,52-66,68-72,76-82H,10-25,27,30-32,35-38H2,1-9H3. The molecule has 0 radical (unpaired) electrons. The lowest BCUT2D eigenvalue weighted by Gasteiger charge is -2.51. The van der Waals surface area contributed by atoms with Gasteiger partial charge in [0.1, 0.15) is 67.1 Å². The largest absolute Gasteiger partial charge is 0.456 e. The molecule has 0 spiro atoms. The maximum atomic E-state index is 14.6. The Balaban J connectivity index is 1.27. The first-order chi connectivity index (χ1) is 46.5. The molecule has 0 amide bonds. The Labute approximate surface area is 573 Å². The monoisotopic (exact) mass is 1380 g/mol. The summed E-state index contributed by atoms with van der Waals surface area (Å²) in [6, 6.07) is 8.86. The van der Waals surface area contributed by atoms with E-state index in [9.17, 15) is 54.9 Å². The van der Waals surface area contributed by atoms with Crippen LogP contribution in [0.15, 0.2) is 36.4 Å². The van der Waals surface area contributed by atoms with Crippen molar-refractivity contribution in [1.82, 2.24) is 0 Å². The fraction of sp³-hybridized carbons (Fsp3) is 0.833. The molecule has 2 bridgehead atoms. The van der Waals surface area contributed by atoms with Crippen molar-refractivity contribution in [3.63, 3.8) is 0 Å². The molecule has 27 atom stereocenters. The van der Waals surface area contributed by atoms with E-state index in [4.69, 9.17) is 66.3 Å². The normalized spacial score (nSPS) is 38.5. The smallest absolute Gasteiger partial charge is 0.331 e. The van der Waals surface area contributed by atoms with Gasteiger partial charge in [0, 0.05) is 18.9 Å². The van der Waals surface area contributed by atoms with Crippen LogP contribution in [-0.2, 0) is 85.5 Å². The highest BCUT2D eigenvalue weighted by molar-refractivity contribution is 5.87. The lowest BCUT2D eigenvalue weighted by atomic mass is 9.95. The molecule has 6 saturated heterocycles. The Morgan fingerprint density at radius 1 is 0.495 bits per heavy atom. The molecule has 6 aliphatic rings. The minimum absolute atomic E-state index is 0.0454. The number of hydrogen-bond donors (Lipinski definition) is 7. The number of esters is 4. The topological polar surface area (TPSA) is 339 Å². The Kier molecular flexibility index (Phi) is 33.8. The van der Waals surface area contributed by atoms with Crippen molar-refractivity contribution in [2.45, 2.75) is 376 Å². The van der Waals surface area contributed by atoms with Gasteiger partial charge in [-0.05, 0) is 78.4 Å².